The number of rotatable bonds is 6. The number of hydrogen-bond acceptors (Lipinski definition) is 5. The van der Waals surface area contributed by atoms with Crippen molar-refractivity contribution in [1.82, 2.24) is 9.97 Å². The average molecular weight is 213 g/mol. The molecule has 0 saturated carbocycles. The summed E-state index contributed by atoms with van der Waals surface area (Å²) in [5.74, 6) is 0.865. The van der Waals surface area contributed by atoms with Gasteiger partial charge in [-0.1, -0.05) is 11.8 Å². The zero-order valence-corrected chi connectivity index (χ0v) is 9.09. The Hall–Kier alpha value is -0.650. The molecule has 0 saturated heterocycles. The van der Waals surface area contributed by atoms with E-state index in [9.17, 15) is 0 Å². The Labute approximate surface area is 88.3 Å². The standard InChI is InChI=1S/C9H15N3OS/c1-8-2-4-11-9(12-8)14-7-6-13-5-3-10/h2,4H,3,5-7,10H2,1H3. The molecule has 78 valence electrons. The van der Waals surface area contributed by atoms with E-state index in [2.05, 4.69) is 9.97 Å². The largest absolute Gasteiger partial charge is 0.379 e. The first-order chi connectivity index (χ1) is 6.83. The van der Waals surface area contributed by atoms with Crippen LogP contribution in [-0.4, -0.2) is 35.5 Å². The number of nitrogens with two attached hydrogens (primary N) is 1. The van der Waals surface area contributed by atoms with Crippen molar-refractivity contribution in [3.8, 4) is 0 Å². The lowest BCUT2D eigenvalue weighted by Crippen LogP contribution is -2.09. The summed E-state index contributed by atoms with van der Waals surface area (Å²) in [7, 11) is 0. The fourth-order valence-electron chi connectivity index (χ4n) is 0.873. The third-order valence-electron chi connectivity index (χ3n) is 1.49. The van der Waals surface area contributed by atoms with Crippen molar-refractivity contribution in [3.05, 3.63) is 18.0 Å². The van der Waals surface area contributed by atoms with E-state index >= 15 is 0 Å². The van der Waals surface area contributed by atoms with E-state index in [1.165, 1.54) is 0 Å². The summed E-state index contributed by atoms with van der Waals surface area (Å²) in [4.78, 5) is 8.39. The van der Waals surface area contributed by atoms with Crippen molar-refractivity contribution in [2.45, 2.75) is 12.1 Å². The van der Waals surface area contributed by atoms with Crippen molar-refractivity contribution in [3.63, 3.8) is 0 Å². The molecule has 0 atom stereocenters. The predicted molar refractivity (Wildman–Crippen MR) is 57.4 cm³/mol. The third-order valence-corrected chi connectivity index (χ3v) is 2.32. The van der Waals surface area contributed by atoms with Crippen LogP contribution in [0.2, 0.25) is 0 Å². The number of aryl methyl sites for hydroxylation is 1. The van der Waals surface area contributed by atoms with Gasteiger partial charge in [0.1, 0.15) is 0 Å². The van der Waals surface area contributed by atoms with E-state index in [1.807, 2.05) is 13.0 Å². The van der Waals surface area contributed by atoms with Gasteiger partial charge in [-0.3, -0.25) is 0 Å². The van der Waals surface area contributed by atoms with Crippen molar-refractivity contribution < 1.29 is 4.74 Å². The highest BCUT2D eigenvalue weighted by atomic mass is 32.2. The van der Waals surface area contributed by atoms with Crippen LogP contribution in [0, 0.1) is 6.92 Å². The topological polar surface area (TPSA) is 61.0 Å². The predicted octanol–water partition coefficient (Wildman–Crippen LogP) is 0.852. The molecule has 5 heteroatoms. The fourth-order valence-corrected chi connectivity index (χ4v) is 1.60. The maximum Gasteiger partial charge on any atom is 0.187 e. The smallest absolute Gasteiger partial charge is 0.187 e. The summed E-state index contributed by atoms with van der Waals surface area (Å²) in [6.07, 6.45) is 1.77. The minimum atomic E-state index is 0.575. The van der Waals surface area contributed by atoms with Gasteiger partial charge in [0.15, 0.2) is 5.16 Å². The molecule has 1 aromatic rings. The van der Waals surface area contributed by atoms with E-state index in [1.54, 1.807) is 18.0 Å². The Balaban J connectivity index is 2.18. The van der Waals surface area contributed by atoms with E-state index in [4.69, 9.17) is 10.5 Å². The van der Waals surface area contributed by atoms with Gasteiger partial charge in [-0.15, -0.1) is 0 Å². The van der Waals surface area contributed by atoms with E-state index < -0.39 is 0 Å². The van der Waals surface area contributed by atoms with Crippen molar-refractivity contribution in [1.29, 1.82) is 0 Å². The summed E-state index contributed by atoms with van der Waals surface area (Å²) in [5, 5.41) is 0.807. The molecule has 0 aliphatic rings. The molecular weight excluding hydrogens is 198 g/mol. The molecule has 2 N–H and O–H groups in total. The maximum atomic E-state index is 5.29. The second kappa shape index (κ2) is 6.75. The highest BCUT2D eigenvalue weighted by molar-refractivity contribution is 7.99. The summed E-state index contributed by atoms with van der Waals surface area (Å²) in [6, 6.07) is 1.88. The summed E-state index contributed by atoms with van der Waals surface area (Å²) in [5.41, 5.74) is 6.28. The van der Waals surface area contributed by atoms with Crippen LogP contribution in [0.1, 0.15) is 5.69 Å². The SMILES string of the molecule is Cc1ccnc(SCCOCCN)n1. The number of hydrogen-bond donors (Lipinski definition) is 1. The van der Waals surface area contributed by atoms with Gasteiger partial charge in [0.25, 0.3) is 0 Å². The Bertz CT molecular complexity index is 270. The first-order valence-electron chi connectivity index (χ1n) is 4.53. The first-order valence-corrected chi connectivity index (χ1v) is 5.52. The van der Waals surface area contributed by atoms with Gasteiger partial charge in [-0.05, 0) is 13.0 Å². The molecule has 0 amide bonds. The lowest BCUT2D eigenvalue weighted by molar-refractivity contribution is 0.158. The number of aromatic nitrogens is 2. The van der Waals surface area contributed by atoms with Gasteiger partial charge in [0.05, 0.1) is 13.2 Å². The number of thioether (sulfide) groups is 1. The van der Waals surface area contributed by atoms with Crippen molar-refractivity contribution in [2.75, 3.05) is 25.5 Å². The van der Waals surface area contributed by atoms with Crippen LogP contribution >= 0.6 is 11.8 Å². The molecule has 4 nitrogen and oxygen atoms in total. The Morgan fingerprint density at radius 2 is 2.36 bits per heavy atom. The van der Waals surface area contributed by atoms with Gasteiger partial charge in [-0.25, -0.2) is 9.97 Å². The molecule has 14 heavy (non-hydrogen) atoms. The summed E-state index contributed by atoms with van der Waals surface area (Å²) < 4.78 is 5.23. The summed E-state index contributed by atoms with van der Waals surface area (Å²) >= 11 is 1.60. The molecule has 0 aliphatic carbocycles. The van der Waals surface area contributed by atoms with Crippen LogP contribution in [-0.2, 0) is 4.74 Å². The van der Waals surface area contributed by atoms with Crippen LogP contribution in [0.5, 0.6) is 0 Å². The minimum absolute atomic E-state index is 0.575. The lowest BCUT2D eigenvalue weighted by Gasteiger charge is -2.01. The fraction of sp³-hybridized carbons (Fsp3) is 0.556. The van der Waals surface area contributed by atoms with Gasteiger partial charge in [0, 0.05) is 24.2 Å². The molecular formula is C9H15N3OS. The lowest BCUT2D eigenvalue weighted by atomic mass is 10.5. The van der Waals surface area contributed by atoms with Crippen molar-refractivity contribution in [2.24, 2.45) is 5.73 Å². The maximum absolute atomic E-state index is 5.29. The van der Waals surface area contributed by atoms with Gasteiger partial charge in [0.2, 0.25) is 0 Å². The molecule has 1 aromatic heterocycles. The molecule has 0 spiro atoms. The molecule has 0 fully saturated rings. The first kappa shape index (κ1) is 11.4. The minimum Gasteiger partial charge on any atom is -0.379 e. The highest BCUT2D eigenvalue weighted by Crippen LogP contribution is 2.11. The zero-order valence-electron chi connectivity index (χ0n) is 8.27. The average Bonchev–Trinajstić information content (AvgIpc) is 2.18. The quantitative estimate of drug-likeness (QED) is 0.431. The Morgan fingerprint density at radius 1 is 1.50 bits per heavy atom. The number of nitrogens with zero attached hydrogens (tertiary/aromatic N) is 2. The normalized spacial score (nSPS) is 10.4. The van der Waals surface area contributed by atoms with Crippen LogP contribution in [0.3, 0.4) is 0 Å². The van der Waals surface area contributed by atoms with Crippen LogP contribution in [0.25, 0.3) is 0 Å². The van der Waals surface area contributed by atoms with Crippen LogP contribution < -0.4 is 5.73 Å². The molecule has 0 radical (unpaired) electrons. The molecule has 0 aromatic carbocycles. The number of ether oxygens (including phenoxy) is 1. The van der Waals surface area contributed by atoms with E-state index in [-0.39, 0.29) is 0 Å². The third kappa shape index (κ3) is 4.55. The van der Waals surface area contributed by atoms with E-state index in [0.29, 0.717) is 19.8 Å². The molecule has 0 bridgehead atoms. The van der Waals surface area contributed by atoms with Crippen LogP contribution in [0.4, 0.5) is 0 Å². The Kier molecular flexibility index (Phi) is 5.51. The Morgan fingerprint density at radius 3 is 3.07 bits per heavy atom. The van der Waals surface area contributed by atoms with Crippen molar-refractivity contribution >= 4 is 11.8 Å². The zero-order chi connectivity index (χ0) is 10.2. The van der Waals surface area contributed by atoms with Gasteiger partial charge < -0.3 is 10.5 Å². The van der Waals surface area contributed by atoms with Crippen LogP contribution in [0.15, 0.2) is 17.4 Å². The highest BCUT2D eigenvalue weighted by Gasteiger charge is 1.96. The second-order valence-corrected chi connectivity index (χ2v) is 3.79. The molecule has 1 heterocycles. The van der Waals surface area contributed by atoms with Gasteiger partial charge >= 0.3 is 0 Å². The molecule has 0 unspecified atom stereocenters. The van der Waals surface area contributed by atoms with Gasteiger partial charge in [-0.2, -0.15) is 0 Å². The summed E-state index contributed by atoms with van der Waals surface area (Å²) in [6.45, 7) is 3.84. The second-order valence-electron chi connectivity index (χ2n) is 2.73. The van der Waals surface area contributed by atoms with E-state index in [0.717, 1.165) is 16.6 Å². The molecule has 1 rings (SSSR count). The monoisotopic (exact) mass is 213 g/mol. The molecule has 0 aliphatic heterocycles.